The zero-order valence-corrected chi connectivity index (χ0v) is 22.6. The Hall–Kier alpha value is -4.42. The van der Waals surface area contributed by atoms with Gasteiger partial charge in [-0.15, -0.1) is 0 Å². The zero-order chi connectivity index (χ0) is 28.2. The highest BCUT2D eigenvalue weighted by Gasteiger charge is 2.42. The van der Waals surface area contributed by atoms with Gasteiger partial charge in [0.05, 0.1) is 0 Å². The molecule has 1 N–H and O–H groups in total. The van der Waals surface area contributed by atoms with Gasteiger partial charge in [-0.1, -0.05) is 133 Å². The predicted octanol–water partition coefficient (Wildman–Crippen LogP) is 5.92. The van der Waals surface area contributed by atoms with Gasteiger partial charge in [0.25, 0.3) is 5.91 Å². The highest BCUT2D eigenvalue weighted by atomic mass is 35.5. The molecular weight excluding hydrogens is 526 g/mol. The summed E-state index contributed by atoms with van der Waals surface area (Å²) in [6, 6.07) is 35.2. The Balaban J connectivity index is 1.51. The molecule has 4 rings (SSSR count). The maximum absolute atomic E-state index is 13.8. The van der Waals surface area contributed by atoms with E-state index in [9.17, 15) is 14.4 Å². The number of carbonyl (C=O) groups excluding carboxylic acids is 3. The molecule has 0 aliphatic heterocycles. The van der Waals surface area contributed by atoms with Crippen LogP contribution in [-0.4, -0.2) is 23.9 Å². The first-order chi connectivity index (χ1) is 19.5. The van der Waals surface area contributed by atoms with Crippen LogP contribution in [0.1, 0.15) is 35.1 Å². The number of carbonyl (C=O) groups is 3. The summed E-state index contributed by atoms with van der Waals surface area (Å²) in [7, 11) is 0. The third-order valence-corrected chi connectivity index (χ3v) is 6.96. The molecule has 0 unspecified atom stereocenters. The van der Waals surface area contributed by atoms with E-state index in [-0.39, 0.29) is 26.1 Å². The smallest absolute Gasteiger partial charge is 0.328 e. The molecule has 1 amide bonds. The second-order valence-corrected chi connectivity index (χ2v) is 9.76. The number of halogens is 1. The number of ether oxygens (including phenoxy) is 2. The van der Waals surface area contributed by atoms with Crippen molar-refractivity contribution in [1.29, 1.82) is 0 Å². The Bertz CT molecular complexity index is 1340. The summed E-state index contributed by atoms with van der Waals surface area (Å²) in [5.41, 5.74) is 2.72. The minimum absolute atomic E-state index is 0.0217. The Morgan fingerprint density at radius 2 is 1.07 bits per heavy atom. The molecule has 0 bridgehead atoms. The number of amides is 1. The molecule has 0 saturated heterocycles. The highest BCUT2D eigenvalue weighted by molar-refractivity contribution is 6.37. The molecule has 0 radical (unpaired) electrons. The maximum Gasteiger partial charge on any atom is 0.328 e. The lowest BCUT2D eigenvalue weighted by Crippen LogP contribution is -2.49. The second kappa shape index (κ2) is 14.1. The molecule has 0 saturated carbocycles. The third kappa shape index (κ3) is 7.58. The van der Waals surface area contributed by atoms with Crippen molar-refractivity contribution in [1.82, 2.24) is 5.32 Å². The summed E-state index contributed by atoms with van der Waals surface area (Å²) in [4.78, 5) is 38.0. The van der Waals surface area contributed by atoms with Crippen LogP contribution in [-0.2, 0) is 41.9 Å². The van der Waals surface area contributed by atoms with E-state index in [0.29, 0.717) is 11.1 Å². The minimum atomic E-state index is -1.62. The van der Waals surface area contributed by atoms with Crippen LogP contribution < -0.4 is 5.32 Å². The van der Waals surface area contributed by atoms with Gasteiger partial charge in [0.1, 0.15) is 19.3 Å². The van der Waals surface area contributed by atoms with E-state index in [1.165, 1.54) is 0 Å². The van der Waals surface area contributed by atoms with Gasteiger partial charge in [-0.25, -0.2) is 4.79 Å². The Morgan fingerprint density at radius 1 is 0.650 bits per heavy atom. The lowest BCUT2D eigenvalue weighted by Gasteiger charge is -2.29. The third-order valence-electron chi connectivity index (χ3n) is 6.35. The molecule has 204 valence electrons. The summed E-state index contributed by atoms with van der Waals surface area (Å²) in [5.74, 6) is -1.78. The zero-order valence-electron chi connectivity index (χ0n) is 21.9. The van der Waals surface area contributed by atoms with E-state index < -0.39 is 28.8 Å². The Morgan fingerprint density at radius 3 is 1.55 bits per heavy atom. The van der Waals surface area contributed by atoms with Crippen LogP contribution in [0, 0.1) is 0 Å². The fraction of sp³-hybridized carbons (Fsp3) is 0.182. The summed E-state index contributed by atoms with van der Waals surface area (Å²) in [6.45, 7) is 0.135. The van der Waals surface area contributed by atoms with E-state index in [2.05, 4.69) is 5.32 Å². The van der Waals surface area contributed by atoms with Crippen LogP contribution in [0.5, 0.6) is 0 Å². The number of hydrogen-bond acceptors (Lipinski definition) is 5. The SMILES string of the molecule is O=C(CC[C@H](NC(=O)C(Cl)(c1ccccc1)c1ccccc1)C(=O)OCc1ccccc1)OCc1ccccc1. The number of esters is 2. The van der Waals surface area contributed by atoms with Gasteiger partial charge in [-0.05, 0) is 28.7 Å². The maximum atomic E-state index is 13.8. The van der Waals surface area contributed by atoms with Gasteiger partial charge in [-0.3, -0.25) is 9.59 Å². The van der Waals surface area contributed by atoms with E-state index >= 15 is 0 Å². The Labute approximate surface area is 238 Å². The molecule has 0 aliphatic carbocycles. The van der Waals surface area contributed by atoms with Gasteiger partial charge in [0, 0.05) is 6.42 Å². The monoisotopic (exact) mass is 555 g/mol. The van der Waals surface area contributed by atoms with Gasteiger partial charge in [0.2, 0.25) is 0 Å². The van der Waals surface area contributed by atoms with Crippen LogP contribution in [0.3, 0.4) is 0 Å². The molecular formula is C33H30ClNO5. The van der Waals surface area contributed by atoms with Crippen molar-refractivity contribution >= 4 is 29.4 Å². The molecule has 0 spiro atoms. The number of alkyl halides is 1. The van der Waals surface area contributed by atoms with E-state index in [0.717, 1.165) is 11.1 Å². The summed E-state index contributed by atoms with van der Waals surface area (Å²) < 4.78 is 10.9. The molecule has 0 aromatic heterocycles. The predicted molar refractivity (Wildman–Crippen MR) is 153 cm³/mol. The van der Waals surface area contributed by atoms with Crippen LogP contribution in [0.15, 0.2) is 121 Å². The average molecular weight is 556 g/mol. The number of rotatable bonds is 12. The van der Waals surface area contributed by atoms with Gasteiger partial charge in [0.15, 0.2) is 4.87 Å². The first kappa shape index (κ1) is 28.6. The molecule has 0 fully saturated rings. The Kier molecular flexibility index (Phi) is 10.1. The lowest BCUT2D eigenvalue weighted by atomic mass is 9.89. The van der Waals surface area contributed by atoms with E-state index in [4.69, 9.17) is 21.1 Å². The van der Waals surface area contributed by atoms with Gasteiger partial charge in [-0.2, -0.15) is 0 Å². The largest absolute Gasteiger partial charge is 0.461 e. The van der Waals surface area contributed by atoms with Crippen LogP contribution >= 0.6 is 11.6 Å². The van der Waals surface area contributed by atoms with Gasteiger partial charge >= 0.3 is 11.9 Å². The number of nitrogens with one attached hydrogen (secondary N) is 1. The van der Waals surface area contributed by atoms with Gasteiger partial charge < -0.3 is 14.8 Å². The normalized spacial score (nSPS) is 11.7. The molecule has 4 aromatic rings. The number of hydrogen-bond donors (Lipinski definition) is 1. The first-order valence-electron chi connectivity index (χ1n) is 13.0. The van der Waals surface area contributed by atoms with Crippen LogP contribution in [0.4, 0.5) is 0 Å². The first-order valence-corrected chi connectivity index (χ1v) is 13.4. The molecule has 40 heavy (non-hydrogen) atoms. The molecule has 7 heteroatoms. The fourth-order valence-electron chi connectivity index (χ4n) is 4.17. The summed E-state index contributed by atoms with van der Waals surface area (Å²) in [5, 5.41) is 2.77. The molecule has 4 aromatic carbocycles. The minimum Gasteiger partial charge on any atom is -0.461 e. The van der Waals surface area contributed by atoms with E-state index in [1.807, 2.05) is 72.8 Å². The van der Waals surface area contributed by atoms with Crippen molar-refractivity contribution < 1.29 is 23.9 Å². The molecule has 0 aliphatic rings. The average Bonchev–Trinajstić information content (AvgIpc) is 3.02. The van der Waals surface area contributed by atoms with Crippen molar-refractivity contribution in [3.63, 3.8) is 0 Å². The highest BCUT2D eigenvalue weighted by Crippen LogP contribution is 2.37. The van der Waals surface area contributed by atoms with Crippen molar-refractivity contribution in [2.24, 2.45) is 0 Å². The van der Waals surface area contributed by atoms with E-state index in [1.54, 1.807) is 48.5 Å². The number of benzene rings is 4. The topological polar surface area (TPSA) is 81.7 Å². The lowest BCUT2D eigenvalue weighted by molar-refractivity contribution is -0.150. The van der Waals surface area contributed by atoms with Crippen molar-refractivity contribution in [3.05, 3.63) is 144 Å². The van der Waals surface area contributed by atoms with Crippen molar-refractivity contribution in [2.75, 3.05) is 0 Å². The van der Waals surface area contributed by atoms with Crippen molar-refractivity contribution in [2.45, 2.75) is 37.0 Å². The molecule has 6 nitrogen and oxygen atoms in total. The standard InChI is InChI=1S/C33H30ClNO5/c34-33(27-17-9-3-10-18-27,28-19-11-4-12-20-28)32(38)35-29(31(37)40-24-26-15-7-2-8-16-26)21-22-30(36)39-23-25-13-5-1-6-14-25/h1-20,29H,21-24H2,(H,35,38)/t29-/m0/s1. The van der Waals surface area contributed by atoms with Crippen LogP contribution in [0.25, 0.3) is 0 Å². The quantitative estimate of drug-likeness (QED) is 0.173. The van der Waals surface area contributed by atoms with Crippen molar-refractivity contribution in [3.8, 4) is 0 Å². The molecule has 1 atom stereocenters. The van der Waals surface area contributed by atoms with Crippen LogP contribution in [0.2, 0.25) is 0 Å². The fourth-order valence-corrected chi connectivity index (χ4v) is 4.48. The summed E-state index contributed by atoms with van der Waals surface area (Å²) in [6.07, 6.45) is -0.131. The second-order valence-electron chi connectivity index (χ2n) is 9.19. The molecule has 0 heterocycles. The summed E-state index contributed by atoms with van der Waals surface area (Å²) >= 11 is 7.09.